The Labute approximate surface area is 118 Å². The lowest BCUT2D eigenvalue weighted by molar-refractivity contribution is 0.278. The molecule has 0 amide bonds. The second-order valence-corrected chi connectivity index (χ2v) is 4.92. The maximum atomic E-state index is 10.0. The molecule has 2 heterocycles. The van der Waals surface area contributed by atoms with E-state index < -0.39 is 0 Å². The normalized spacial score (nSPS) is 12.6. The van der Waals surface area contributed by atoms with E-state index in [9.17, 15) is 10.2 Å². The molecule has 0 spiro atoms. The highest BCUT2D eigenvalue weighted by molar-refractivity contribution is 5.40. The molecule has 2 aromatic heterocycles. The summed E-state index contributed by atoms with van der Waals surface area (Å²) in [5.74, 6) is 1.07. The summed E-state index contributed by atoms with van der Waals surface area (Å²) >= 11 is 0. The summed E-state index contributed by atoms with van der Waals surface area (Å²) in [6, 6.07) is 4.00. The fourth-order valence-corrected chi connectivity index (χ4v) is 2.10. The number of hydrogen-bond acceptors (Lipinski definition) is 5. The average molecular weight is 276 g/mol. The Morgan fingerprint density at radius 2 is 2.25 bits per heavy atom. The van der Waals surface area contributed by atoms with E-state index in [0.717, 1.165) is 12.2 Å². The first-order valence-electron chi connectivity index (χ1n) is 6.64. The summed E-state index contributed by atoms with van der Waals surface area (Å²) in [7, 11) is 0. The number of aromatic hydroxyl groups is 1. The largest absolute Gasteiger partial charge is 0.506 e. The molecule has 1 atom stereocenters. The van der Waals surface area contributed by atoms with Crippen LogP contribution in [0.1, 0.15) is 29.5 Å². The van der Waals surface area contributed by atoms with Gasteiger partial charge in [-0.1, -0.05) is 0 Å². The zero-order valence-electron chi connectivity index (χ0n) is 11.8. The predicted octanol–water partition coefficient (Wildman–Crippen LogP) is 1.90. The van der Waals surface area contributed by atoms with Gasteiger partial charge in [0.25, 0.3) is 0 Å². The van der Waals surface area contributed by atoms with E-state index in [4.69, 9.17) is 4.42 Å². The number of aromatic nitrogens is 1. The van der Waals surface area contributed by atoms with Crippen LogP contribution >= 0.6 is 0 Å². The number of hydrogen-bond donors (Lipinski definition) is 3. The lowest BCUT2D eigenvalue weighted by Crippen LogP contribution is -2.28. The van der Waals surface area contributed by atoms with Crippen molar-refractivity contribution in [3.8, 4) is 5.75 Å². The quantitative estimate of drug-likeness (QED) is 0.751. The van der Waals surface area contributed by atoms with Gasteiger partial charge in [-0.05, 0) is 26.0 Å². The topological polar surface area (TPSA) is 78.5 Å². The van der Waals surface area contributed by atoms with Crippen LogP contribution in [0.5, 0.6) is 5.75 Å². The van der Waals surface area contributed by atoms with Crippen LogP contribution in [0.3, 0.4) is 0 Å². The molecule has 2 rings (SSSR count). The highest BCUT2D eigenvalue weighted by Crippen LogP contribution is 2.23. The number of furan rings is 1. The third-order valence-electron chi connectivity index (χ3n) is 3.32. The molecule has 3 N–H and O–H groups in total. The van der Waals surface area contributed by atoms with Gasteiger partial charge in [-0.25, -0.2) is 0 Å². The van der Waals surface area contributed by atoms with Crippen LogP contribution in [0, 0.1) is 6.92 Å². The zero-order valence-corrected chi connectivity index (χ0v) is 11.8. The molecule has 108 valence electrons. The summed E-state index contributed by atoms with van der Waals surface area (Å²) < 4.78 is 5.30. The molecule has 0 aliphatic rings. The fraction of sp³-hybridized carbons (Fsp3) is 0.400. The van der Waals surface area contributed by atoms with E-state index in [0.29, 0.717) is 23.4 Å². The molecule has 0 fully saturated rings. The van der Waals surface area contributed by atoms with Crippen LogP contribution < -0.4 is 5.32 Å². The summed E-state index contributed by atoms with van der Waals surface area (Å²) in [5.41, 5.74) is 1.91. The van der Waals surface area contributed by atoms with Crippen molar-refractivity contribution in [1.29, 1.82) is 0 Å². The van der Waals surface area contributed by atoms with Gasteiger partial charge in [-0.2, -0.15) is 0 Å². The minimum absolute atomic E-state index is 0.135. The second kappa shape index (κ2) is 6.54. The van der Waals surface area contributed by atoms with Gasteiger partial charge in [0.2, 0.25) is 0 Å². The summed E-state index contributed by atoms with van der Waals surface area (Å²) in [5, 5.41) is 22.7. The Morgan fingerprint density at radius 1 is 1.45 bits per heavy atom. The Kier molecular flexibility index (Phi) is 4.76. The van der Waals surface area contributed by atoms with Gasteiger partial charge in [-0.3, -0.25) is 4.98 Å². The van der Waals surface area contributed by atoms with Crippen molar-refractivity contribution in [3.05, 3.63) is 47.2 Å². The third kappa shape index (κ3) is 3.37. The van der Waals surface area contributed by atoms with E-state index in [1.165, 1.54) is 0 Å². The Bertz CT molecular complexity index is 552. The van der Waals surface area contributed by atoms with Gasteiger partial charge in [0.15, 0.2) is 0 Å². The molecule has 0 aromatic carbocycles. The van der Waals surface area contributed by atoms with Gasteiger partial charge in [0.1, 0.15) is 11.5 Å². The summed E-state index contributed by atoms with van der Waals surface area (Å²) in [6.07, 6.45) is 4.03. The third-order valence-corrected chi connectivity index (χ3v) is 3.32. The Morgan fingerprint density at radius 3 is 2.90 bits per heavy atom. The van der Waals surface area contributed by atoms with E-state index in [-0.39, 0.29) is 18.4 Å². The number of nitrogens with zero attached hydrogens (tertiary/aromatic N) is 1. The van der Waals surface area contributed by atoms with Crippen LogP contribution in [0.15, 0.2) is 29.0 Å². The maximum Gasteiger partial charge on any atom is 0.141 e. The van der Waals surface area contributed by atoms with Crippen molar-refractivity contribution < 1.29 is 14.6 Å². The highest BCUT2D eigenvalue weighted by atomic mass is 16.3. The van der Waals surface area contributed by atoms with Crippen LogP contribution in [0.2, 0.25) is 0 Å². The van der Waals surface area contributed by atoms with E-state index in [1.807, 2.05) is 19.1 Å². The first-order valence-corrected chi connectivity index (χ1v) is 6.64. The van der Waals surface area contributed by atoms with Gasteiger partial charge < -0.3 is 19.9 Å². The van der Waals surface area contributed by atoms with Crippen molar-refractivity contribution in [2.45, 2.75) is 39.5 Å². The summed E-state index contributed by atoms with van der Waals surface area (Å²) in [4.78, 5) is 4.05. The molecule has 0 saturated carbocycles. The molecule has 0 saturated heterocycles. The molecular weight excluding hydrogens is 256 g/mol. The molecule has 0 aliphatic heterocycles. The van der Waals surface area contributed by atoms with E-state index in [1.54, 1.807) is 19.4 Å². The number of aliphatic hydroxyl groups is 1. The van der Waals surface area contributed by atoms with Crippen molar-refractivity contribution in [2.75, 3.05) is 0 Å². The molecule has 0 radical (unpaired) electrons. The van der Waals surface area contributed by atoms with Gasteiger partial charge in [0, 0.05) is 36.3 Å². The molecule has 1 unspecified atom stereocenters. The van der Waals surface area contributed by atoms with Gasteiger partial charge >= 0.3 is 0 Å². The van der Waals surface area contributed by atoms with Crippen LogP contribution in [-0.2, 0) is 19.6 Å². The highest BCUT2D eigenvalue weighted by Gasteiger charge is 2.13. The van der Waals surface area contributed by atoms with Crippen molar-refractivity contribution in [3.63, 3.8) is 0 Å². The van der Waals surface area contributed by atoms with Crippen molar-refractivity contribution in [2.24, 2.45) is 0 Å². The first-order chi connectivity index (χ1) is 9.61. The second-order valence-electron chi connectivity index (χ2n) is 4.92. The molecular formula is C15H20N2O3. The predicted molar refractivity (Wildman–Crippen MR) is 75.3 cm³/mol. The van der Waals surface area contributed by atoms with Crippen LogP contribution in [0.4, 0.5) is 0 Å². The standard InChI is InChI=1S/C15H20N2O3/c1-10(6-13-4-3-5-20-13)16-8-14-12(9-18)7-17-11(2)15(14)19/h3-5,7,10,16,18-19H,6,8-9H2,1-2H3. The molecule has 20 heavy (non-hydrogen) atoms. The van der Waals surface area contributed by atoms with Crippen molar-refractivity contribution in [1.82, 2.24) is 10.3 Å². The molecule has 2 aromatic rings. The minimum atomic E-state index is -0.135. The minimum Gasteiger partial charge on any atom is -0.506 e. The van der Waals surface area contributed by atoms with Gasteiger partial charge in [0.05, 0.1) is 18.6 Å². The van der Waals surface area contributed by atoms with Crippen molar-refractivity contribution >= 4 is 0 Å². The number of aryl methyl sites for hydroxylation is 1. The van der Waals surface area contributed by atoms with Gasteiger partial charge in [-0.15, -0.1) is 0 Å². The smallest absolute Gasteiger partial charge is 0.141 e. The molecule has 0 bridgehead atoms. The number of nitrogens with one attached hydrogen (secondary N) is 1. The van der Waals surface area contributed by atoms with Crippen LogP contribution in [-0.4, -0.2) is 21.2 Å². The summed E-state index contributed by atoms with van der Waals surface area (Å²) in [6.45, 7) is 4.13. The number of aliphatic hydroxyl groups excluding tert-OH is 1. The lowest BCUT2D eigenvalue weighted by atomic mass is 10.1. The van der Waals surface area contributed by atoms with E-state index in [2.05, 4.69) is 10.3 Å². The molecule has 0 aliphatic carbocycles. The number of rotatable bonds is 6. The molecule has 5 nitrogen and oxygen atoms in total. The number of pyridine rings is 1. The first kappa shape index (κ1) is 14.6. The van der Waals surface area contributed by atoms with E-state index >= 15 is 0 Å². The SMILES string of the molecule is Cc1ncc(CO)c(CNC(C)Cc2ccco2)c1O. The Hall–Kier alpha value is -1.85. The monoisotopic (exact) mass is 276 g/mol. The Balaban J connectivity index is 2.01. The maximum absolute atomic E-state index is 10.0. The fourth-order valence-electron chi connectivity index (χ4n) is 2.10. The zero-order chi connectivity index (χ0) is 14.5. The average Bonchev–Trinajstić information content (AvgIpc) is 2.93. The molecule has 5 heteroatoms. The lowest BCUT2D eigenvalue weighted by Gasteiger charge is -2.16. The van der Waals surface area contributed by atoms with Crippen LogP contribution in [0.25, 0.3) is 0 Å².